The minimum atomic E-state index is -0.0991. The first-order valence-electron chi connectivity index (χ1n) is 5.38. The third-order valence-electron chi connectivity index (χ3n) is 3.05. The van der Waals surface area contributed by atoms with Gasteiger partial charge in [0.05, 0.1) is 20.3 Å². The van der Waals surface area contributed by atoms with Crippen molar-refractivity contribution < 1.29 is 14.3 Å². The second kappa shape index (κ2) is 4.26. The van der Waals surface area contributed by atoms with Crippen LogP contribution in [0.25, 0.3) is 0 Å². The Morgan fingerprint density at radius 2 is 2.00 bits per heavy atom. The van der Waals surface area contributed by atoms with Crippen LogP contribution >= 0.6 is 0 Å². The first-order valence-corrected chi connectivity index (χ1v) is 5.38. The highest BCUT2D eigenvalue weighted by Crippen LogP contribution is 2.36. The Morgan fingerprint density at radius 1 is 1.38 bits per heavy atom. The van der Waals surface area contributed by atoms with E-state index in [1.54, 1.807) is 14.0 Å². The first-order chi connectivity index (χ1) is 7.66. The van der Waals surface area contributed by atoms with Gasteiger partial charge >= 0.3 is 0 Å². The predicted molar refractivity (Wildman–Crippen MR) is 60.8 cm³/mol. The van der Waals surface area contributed by atoms with E-state index in [-0.39, 0.29) is 11.2 Å². The summed E-state index contributed by atoms with van der Waals surface area (Å²) in [6.07, 6.45) is 0.555. The average molecular weight is 220 g/mol. The van der Waals surface area contributed by atoms with Gasteiger partial charge in [-0.3, -0.25) is 4.79 Å². The minimum Gasteiger partial charge on any atom is -0.497 e. The SMILES string of the molecule is COc1ccc(C2(CC(C)=O)COC2)cc1. The van der Waals surface area contributed by atoms with Crippen molar-refractivity contribution in [3.63, 3.8) is 0 Å². The smallest absolute Gasteiger partial charge is 0.130 e. The van der Waals surface area contributed by atoms with Crippen LogP contribution in [0, 0.1) is 0 Å². The maximum atomic E-state index is 11.3. The van der Waals surface area contributed by atoms with Gasteiger partial charge in [-0.1, -0.05) is 12.1 Å². The van der Waals surface area contributed by atoms with Crippen molar-refractivity contribution in [3.8, 4) is 5.75 Å². The Hall–Kier alpha value is -1.35. The van der Waals surface area contributed by atoms with E-state index < -0.39 is 0 Å². The molecule has 0 saturated carbocycles. The number of benzene rings is 1. The van der Waals surface area contributed by atoms with Crippen LogP contribution in [0.5, 0.6) is 5.75 Å². The van der Waals surface area contributed by atoms with Gasteiger partial charge in [-0.2, -0.15) is 0 Å². The van der Waals surface area contributed by atoms with Gasteiger partial charge in [0.25, 0.3) is 0 Å². The van der Waals surface area contributed by atoms with Gasteiger partial charge in [0.15, 0.2) is 0 Å². The van der Waals surface area contributed by atoms with Crippen molar-refractivity contribution in [2.45, 2.75) is 18.8 Å². The standard InChI is InChI=1S/C13H16O3/c1-10(14)7-13(8-16-9-13)11-3-5-12(15-2)6-4-11/h3-6H,7-9H2,1-2H3. The molecule has 1 aromatic rings. The Kier molecular flexibility index (Phi) is 2.97. The molecule has 0 unspecified atom stereocenters. The molecule has 86 valence electrons. The van der Waals surface area contributed by atoms with Crippen LogP contribution < -0.4 is 4.74 Å². The molecule has 1 saturated heterocycles. The Labute approximate surface area is 95.4 Å². The Morgan fingerprint density at radius 3 is 2.38 bits per heavy atom. The molecule has 3 heteroatoms. The molecule has 1 heterocycles. The number of hydrogen-bond donors (Lipinski definition) is 0. The van der Waals surface area contributed by atoms with Gasteiger partial charge in [-0.05, 0) is 24.6 Å². The zero-order valence-electron chi connectivity index (χ0n) is 9.66. The Balaban J connectivity index is 2.22. The number of ketones is 1. The molecular weight excluding hydrogens is 204 g/mol. The summed E-state index contributed by atoms with van der Waals surface area (Å²) < 4.78 is 10.4. The first kappa shape index (κ1) is 11.1. The quantitative estimate of drug-likeness (QED) is 0.778. The van der Waals surface area contributed by atoms with Crippen LogP contribution in [-0.4, -0.2) is 26.1 Å². The third-order valence-corrected chi connectivity index (χ3v) is 3.05. The van der Waals surface area contributed by atoms with Crippen LogP contribution in [-0.2, 0) is 14.9 Å². The lowest BCUT2D eigenvalue weighted by atomic mass is 9.75. The number of methoxy groups -OCH3 is 1. The van der Waals surface area contributed by atoms with Gasteiger partial charge in [0, 0.05) is 11.8 Å². The molecule has 0 aliphatic carbocycles. The zero-order valence-corrected chi connectivity index (χ0v) is 9.66. The molecule has 1 aliphatic rings. The lowest BCUT2D eigenvalue weighted by molar-refractivity contribution is -0.125. The summed E-state index contributed by atoms with van der Waals surface area (Å²) in [5, 5.41) is 0. The molecular formula is C13H16O3. The predicted octanol–water partition coefficient (Wildman–Crippen LogP) is 1.94. The summed E-state index contributed by atoms with van der Waals surface area (Å²) in [5.74, 6) is 1.04. The molecule has 3 nitrogen and oxygen atoms in total. The number of carbonyl (C=O) groups is 1. The summed E-state index contributed by atoms with van der Waals surface area (Å²) in [7, 11) is 1.65. The van der Waals surface area contributed by atoms with Crippen LogP contribution in [0.4, 0.5) is 0 Å². The lowest BCUT2D eigenvalue weighted by Gasteiger charge is -2.41. The molecule has 1 aromatic carbocycles. The molecule has 0 aromatic heterocycles. The number of ether oxygens (including phenoxy) is 2. The summed E-state index contributed by atoms with van der Waals surface area (Å²) in [6.45, 7) is 2.90. The highest BCUT2D eigenvalue weighted by molar-refractivity contribution is 5.77. The van der Waals surface area contributed by atoms with Crippen molar-refractivity contribution in [3.05, 3.63) is 29.8 Å². The summed E-state index contributed by atoms with van der Waals surface area (Å²) in [5.41, 5.74) is 1.06. The fraction of sp³-hybridized carbons (Fsp3) is 0.462. The van der Waals surface area contributed by atoms with Crippen LogP contribution in [0.2, 0.25) is 0 Å². The molecule has 0 bridgehead atoms. The van der Waals surface area contributed by atoms with Crippen LogP contribution in [0.3, 0.4) is 0 Å². The molecule has 0 N–H and O–H groups in total. The lowest BCUT2D eigenvalue weighted by Crippen LogP contribution is -2.47. The highest BCUT2D eigenvalue weighted by atomic mass is 16.5. The maximum Gasteiger partial charge on any atom is 0.130 e. The van der Waals surface area contributed by atoms with Crippen LogP contribution in [0.1, 0.15) is 18.9 Å². The third kappa shape index (κ3) is 1.95. The summed E-state index contributed by atoms with van der Waals surface area (Å²) in [4.78, 5) is 11.3. The Bertz CT molecular complexity index is 377. The molecule has 16 heavy (non-hydrogen) atoms. The van der Waals surface area contributed by atoms with Crippen molar-refractivity contribution in [1.82, 2.24) is 0 Å². The van der Waals surface area contributed by atoms with Gasteiger partial charge in [-0.25, -0.2) is 0 Å². The van der Waals surface area contributed by atoms with E-state index in [1.165, 1.54) is 0 Å². The fourth-order valence-electron chi connectivity index (χ4n) is 2.14. The van der Waals surface area contributed by atoms with E-state index in [9.17, 15) is 4.79 Å². The van der Waals surface area contributed by atoms with E-state index in [1.807, 2.05) is 24.3 Å². The number of carbonyl (C=O) groups excluding carboxylic acids is 1. The van der Waals surface area contributed by atoms with E-state index in [0.29, 0.717) is 19.6 Å². The number of Topliss-reactive ketones (excluding diaryl/α,β-unsaturated/α-hetero) is 1. The molecule has 1 aliphatic heterocycles. The van der Waals surface area contributed by atoms with Gasteiger partial charge < -0.3 is 9.47 Å². The molecule has 1 fully saturated rings. The highest BCUT2D eigenvalue weighted by Gasteiger charge is 2.41. The summed E-state index contributed by atoms with van der Waals surface area (Å²) >= 11 is 0. The molecule has 0 radical (unpaired) electrons. The van der Waals surface area contributed by atoms with E-state index in [2.05, 4.69) is 0 Å². The van der Waals surface area contributed by atoms with Crippen LogP contribution in [0.15, 0.2) is 24.3 Å². The normalized spacial score (nSPS) is 17.6. The van der Waals surface area contributed by atoms with Crippen molar-refractivity contribution in [2.24, 2.45) is 0 Å². The van der Waals surface area contributed by atoms with E-state index in [4.69, 9.17) is 9.47 Å². The topological polar surface area (TPSA) is 35.5 Å². The minimum absolute atomic E-state index is 0.0991. The maximum absolute atomic E-state index is 11.3. The zero-order chi connectivity index (χ0) is 11.6. The second-order valence-electron chi connectivity index (χ2n) is 4.38. The van der Waals surface area contributed by atoms with E-state index >= 15 is 0 Å². The average Bonchev–Trinajstić information content (AvgIpc) is 2.23. The van der Waals surface area contributed by atoms with Gasteiger partial charge in [-0.15, -0.1) is 0 Å². The number of hydrogen-bond acceptors (Lipinski definition) is 3. The fourth-order valence-corrected chi connectivity index (χ4v) is 2.14. The largest absolute Gasteiger partial charge is 0.497 e. The summed E-state index contributed by atoms with van der Waals surface area (Å²) in [6, 6.07) is 7.89. The monoisotopic (exact) mass is 220 g/mol. The van der Waals surface area contributed by atoms with Crippen molar-refractivity contribution >= 4 is 5.78 Å². The second-order valence-corrected chi connectivity index (χ2v) is 4.38. The van der Waals surface area contributed by atoms with Crippen molar-refractivity contribution in [2.75, 3.05) is 20.3 Å². The van der Waals surface area contributed by atoms with Crippen molar-refractivity contribution in [1.29, 1.82) is 0 Å². The molecule has 2 rings (SSSR count). The number of rotatable bonds is 4. The molecule has 0 amide bonds. The van der Waals surface area contributed by atoms with Gasteiger partial charge in [0.1, 0.15) is 11.5 Å². The van der Waals surface area contributed by atoms with E-state index in [0.717, 1.165) is 11.3 Å². The van der Waals surface area contributed by atoms with Gasteiger partial charge in [0.2, 0.25) is 0 Å². The molecule has 0 atom stereocenters. The molecule has 0 spiro atoms.